The fourth-order valence-corrected chi connectivity index (χ4v) is 5.07. The van der Waals surface area contributed by atoms with E-state index in [1.807, 2.05) is 0 Å². The summed E-state index contributed by atoms with van der Waals surface area (Å²) in [6.07, 6.45) is 8.02. The molecular formula is C18H28IN2O2-. The molecule has 2 atom stereocenters. The summed E-state index contributed by atoms with van der Waals surface area (Å²) in [5.41, 5.74) is 7.13. The molecule has 0 aliphatic heterocycles. The van der Waals surface area contributed by atoms with Crippen molar-refractivity contribution in [1.29, 1.82) is 0 Å². The fraction of sp³-hybridized carbons (Fsp3) is 0.611. The molecule has 1 aromatic carbocycles. The third-order valence-corrected chi connectivity index (χ3v) is 6.77. The molecule has 130 valence electrons. The van der Waals surface area contributed by atoms with E-state index >= 15 is 0 Å². The van der Waals surface area contributed by atoms with Crippen molar-refractivity contribution in [2.24, 2.45) is 11.8 Å². The van der Waals surface area contributed by atoms with Crippen LogP contribution in [0.5, 0.6) is 5.75 Å². The minimum atomic E-state index is -0.472. The predicted molar refractivity (Wildman–Crippen MR) is 91.6 cm³/mol. The normalized spacial score (nSPS) is 20.6. The van der Waals surface area contributed by atoms with Crippen LogP contribution in [0.4, 0.5) is 16.2 Å². The van der Waals surface area contributed by atoms with E-state index in [1.54, 1.807) is 25.3 Å². The van der Waals surface area contributed by atoms with Gasteiger partial charge in [-0.2, -0.15) is 0 Å². The first-order valence-electron chi connectivity index (χ1n) is 8.42. The molecule has 0 radical (unpaired) electrons. The van der Waals surface area contributed by atoms with Crippen molar-refractivity contribution in [3.8, 4) is 5.75 Å². The van der Waals surface area contributed by atoms with E-state index < -0.39 is 21.2 Å². The third kappa shape index (κ3) is 6.20. The molecule has 0 bridgehead atoms. The molecule has 1 saturated carbocycles. The van der Waals surface area contributed by atoms with Gasteiger partial charge in [-0.15, -0.1) is 0 Å². The number of benzene rings is 1. The standard InChI is InChI=1S/C18H28IN2O2/c1-13-6-7-14(11-13)5-3-4-10-19-18(22)21-17-12-15(23-2)8-9-16(17)20/h8-9,12-14H,3-7,10-11,20H2,1-2H3,(H,21,22)/q-1. The number of nitrogens with one attached hydrogen (secondary N) is 1. The number of hydrogen-bond donors (Lipinski definition) is 2. The van der Waals surface area contributed by atoms with Gasteiger partial charge in [0.2, 0.25) is 0 Å². The van der Waals surface area contributed by atoms with Crippen LogP contribution in [0.1, 0.15) is 45.4 Å². The van der Waals surface area contributed by atoms with Crippen molar-refractivity contribution in [3.63, 3.8) is 0 Å². The van der Waals surface area contributed by atoms with Gasteiger partial charge in [-0.05, 0) is 0 Å². The number of unbranched alkanes of at least 4 members (excludes halogenated alkanes) is 1. The Morgan fingerprint density at radius 3 is 2.91 bits per heavy atom. The monoisotopic (exact) mass is 431 g/mol. The number of nitrogen functional groups attached to an aromatic ring is 1. The number of carbonyl (C=O) groups is 1. The van der Waals surface area contributed by atoms with Crippen LogP contribution in [0, 0.1) is 11.8 Å². The summed E-state index contributed by atoms with van der Waals surface area (Å²) in [6, 6.07) is 5.33. The molecule has 1 aliphatic carbocycles. The van der Waals surface area contributed by atoms with Gasteiger partial charge in [-0.25, -0.2) is 0 Å². The molecule has 2 unspecified atom stereocenters. The zero-order valence-corrected chi connectivity index (χ0v) is 16.3. The Hall–Kier alpha value is -0.980. The molecule has 0 spiro atoms. The summed E-state index contributed by atoms with van der Waals surface area (Å²) in [5.74, 6) is 2.57. The number of rotatable bonds is 8. The second-order valence-corrected chi connectivity index (χ2v) is 9.28. The van der Waals surface area contributed by atoms with Crippen LogP contribution in [0.3, 0.4) is 0 Å². The maximum absolute atomic E-state index is 12.1. The second kappa shape index (κ2) is 9.35. The van der Waals surface area contributed by atoms with Gasteiger partial charge in [0.25, 0.3) is 0 Å². The third-order valence-electron chi connectivity index (χ3n) is 4.51. The van der Waals surface area contributed by atoms with Crippen LogP contribution in [0.25, 0.3) is 0 Å². The van der Waals surface area contributed by atoms with Gasteiger partial charge in [-0.3, -0.25) is 0 Å². The van der Waals surface area contributed by atoms with E-state index in [2.05, 4.69) is 12.2 Å². The Labute approximate surface area is 149 Å². The van der Waals surface area contributed by atoms with Gasteiger partial charge in [-0.1, -0.05) is 0 Å². The van der Waals surface area contributed by atoms with Gasteiger partial charge in [0.05, 0.1) is 0 Å². The molecule has 4 nitrogen and oxygen atoms in total. The predicted octanol–water partition coefficient (Wildman–Crippen LogP) is 1.50. The van der Waals surface area contributed by atoms with Crippen LogP contribution < -0.4 is 37.0 Å². The van der Waals surface area contributed by atoms with Crippen LogP contribution >= 0.6 is 0 Å². The average Bonchev–Trinajstić information content (AvgIpc) is 2.94. The SMILES string of the molecule is COc1ccc(N)c(NC(=O)[I-]CCCCC2CCC(C)C2)c1. The first kappa shape index (κ1) is 18.4. The Bertz CT molecular complexity index is 522. The van der Waals surface area contributed by atoms with E-state index in [0.717, 1.165) is 16.3 Å². The number of nitrogens with two attached hydrogens (primary N) is 1. The summed E-state index contributed by atoms with van der Waals surface area (Å²) in [6.45, 7) is 2.36. The fourth-order valence-electron chi connectivity index (χ4n) is 3.18. The van der Waals surface area contributed by atoms with E-state index in [0.29, 0.717) is 17.1 Å². The van der Waals surface area contributed by atoms with Crippen molar-refractivity contribution in [2.75, 3.05) is 22.6 Å². The Balaban J connectivity index is 1.63. The number of ether oxygens (including phenoxy) is 1. The molecule has 0 aromatic heterocycles. The van der Waals surface area contributed by atoms with Gasteiger partial charge in [0.15, 0.2) is 0 Å². The van der Waals surface area contributed by atoms with Crippen LogP contribution in [-0.2, 0) is 0 Å². The van der Waals surface area contributed by atoms with Crippen LogP contribution in [-0.4, -0.2) is 15.5 Å². The summed E-state index contributed by atoms with van der Waals surface area (Å²) < 4.78 is 6.35. The van der Waals surface area contributed by atoms with Crippen molar-refractivity contribution in [1.82, 2.24) is 0 Å². The van der Waals surface area contributed by atoms with Crippen molar-refractivity contribution in [2.45, 2.75) is 45.4 Å². The topological polar surface area (TPSA) is 64.3 Å². The second-order valence-electron chi connectivity index (χ2n) is 6.45. The Morgan fingerprint density at radius 2 is 2.22 bits per heavy atom. The molecule has 2 rings (SSSR count). The van der Waals surface area contributed by atoms with E-state index in [9.17, 15) is 4.79 Å². The zero-order chi connectivity index (χ0) is 16.7. The molecule has 3 N–H and O–H groups in total. The van der Waals surface area contributed by atoms with Crippen molar-refractivity contribution >= 4 is 15.3 Å². The van der Waals surface area contributed by atoms with Crippen LogP contribution in [0.2, 0.25) is 0 Å². The zero-order valence-electron chi connectivity index (χ0n) is 14.1. The minimum absolute atomic E-state index is 0.137. The number of amides is 1. The summed E-state index contributed by atoms with van der Waals surface area (Å²) in [4.78, 5) is 12.1. The average molecular weight is 431 g/mol. The molecule has 1 aromatic rings. The van der Waals surface area contributed by atoms with Crippen LogP contribution in [0.15, 0.2) is 18.2 Å². The Kier molecular flexibility index (Phi) is 7.46. The number of hydrogen-bond acceptors (Lipinski definition) is 3. The van der Waals surface area contributed by atoms with Gasteiger partial charge in [0.1, 0.15) is 0 Å². The number of methoxy groups -OCH3 is 1. The first-order valence-corrected chi connectivity index (χ1v) is 11.0. The molecule has 1 amide bonds. The molecular weight excluding hydrogens is 403 g/mol. The summed E-state index contributed by atoms with van der Waals surface area (Å²) >= 11 is -0.472. The summed E-state index contributed by atoms with van der Waals surface area (Å²) in [5, 5.41) is 2.93. The number of carbonyl (C=O) groups excluding carboxylic acids is 1. The molecule has 1 aliphatic rings. The maximum atomic E-state index is 12.1. The number of anilines is 2. The number of halogens is 1. The molecule has 0 heterocycles. The molecule has 0 saturated heterocycles. The summed E-state index contributed by atoms with van der Waals surface area (Å²) in [7, 11) is 1.61. The van der Waals surface area contributed by atoms with Gasteiger partial charge < -0.3 is 0 Å². The first-order chi connectivity index (χ1) is 11.1. The quantitative estimate of drug-likeness (QED) is 0.164. The van der Waals surface area contributed by atoms with Crippen molar-refractivity contribution in [3.05, 3.63) is 18.2 Å². The van der Waals surface area contributed by atoms with E-state index in [4.69, 9.17) is 10.5 Å². The number of alkyl halides is 1. The molecule has 23 heavy (non-hydrogen) atoms. The van der Waals surface area contributed by atoms with Crippen molar-refractivity contribution < 1.29 is 30.7 Å². The van der Waals surface area contributed by atoms with E-state index in [-0.39, 0.29) is 3.91 Å². The van der Waals surface area contributed by atoms with Gasteiger partial charge >= 0.3 is 150 Å². The molecule has 1 fully saturated rings. The van der Waals surface area contributed by atoms with E-state index in [1.165, 1.54) is 38.5 Å². The molecule has 5 heteroatoms. The van der Waals surface area contributed by atoms with Gasteiger partial charge in [0, 0.05) is 0 Å². The Morgan fingerprint density at radius 1 is 1.39 bits per heavy atom.